The maximum absolute atomic E-state index is 14.3. The van der Waals surface area contributed by atoms with E-state index in [2.05, 4.69) is 14.7 Å². The monoisotopic (exact) mass is 950 g/mol. The van der Waals surface area contributed by atoms with E-state index in [1.807, 2.05) is 6.92 Å². The molecule has 0 aliphatic rings. The van der Waals surface area contributed by atoms with E-state index < -0.39 is 83.8 Å². The summed E-state index contributed by atoms with van der Waals surface area (Å²) in [6.45, 7) is 2.02. The van der Waals surface area contributed by atoms with E-state index in [1.54, 1.807) is 0 Å². The van der Waals surface area contributed by atoms with Crippen LogP contribution in [0.15, 0.2) is 36.7 Å². The molecule has 4 nitrogen and oxygen atoms in total. The average Bonchev–Trinajstić information content (AvgIpc) is 3.12. The Morgan fingerprint density at radius 3 is 1.26 bits per heavy atom. The lowest BCUT2D eigenvalue weighted by Crippen LogP contribution is -2.77. The first kappa shape index (κ1) is 53.4. The number of hydrogen-bond acceptors (Lipinski definition) is 4. The largest absolute Gasteiger partial charge is 0.460 e. The molecule has 0 saturated carbocycles. The first-order valence-electron chi connectivity index (χ1n) is 16.3. The van der Waals surface area contributed by atoms with Gasteiger partial charge in [0.1, 0.15) is 5.75 Å². The number of hydrogen-bond donors (Lipinski definition) is 0. The van der Waals surface area contributed by atoms with E-state index in [9.17, 15) is 114 Å². The van der Waals surface area contributed by atoms with Crippen LogP contribution < -0.4 is 4.74 Å². The second kappa shape index (κ2) is 17.1. The Morgan fingerprint density at radius 2 is 0.852 bits per heavy atom. The number of aryl methyl sites for hydroxylation is 1. The Morgan fingerprint density at radius 1 is 0.475 bits per heavy atom. The fraction of sp³-hybridized carbons (Fsp3) is 0.677. The Labute approximate surface area is 323 Å². The van der Waals surface area contributed by atoms with Crippen molar-refractivity contribution in [1.29, 1.82) is 0 Å². The van der Waals surface area contributed by atoms with Gasteiger partial charge in [0.25, 0.3) is 0 Å². The highest BCUT2D eigenvalue weighted by atomic mass is 19.4. The molecule has 1 unspecified atom stereocenters. The SMILES string of the molecule is CCCCCCCCc1cnc(-c2ccc(OC(F)C(F)(F)C(F)(F)OC(F)(F)C(F)(F)C(F)(F)C(F)(F)C(F)(F)C(F)(F)C(F)(F)C(F)(F)C(F)(F)C(F)(F)F)cc2)nc1. The van der Waals surface area contributed by atoms with Gasteiger partial charge < -0.3 is 4.74 Å². The fourth-order valence-corrected chi connectivity index (χ4v) is 4.59. The summed E-state index contributed by atoms with van der Waals surface area (Å²) in [5, 5.41) is 0. The van der Waals surface area contributed by atoms with Crippen molar-refractivity contribution in [3.63, 3.8) is 0 Å². The van der Waals surface area contributed by atoms with Crippen molar-refractivity contribution in [3.05, 3.63) is 42.2 Å². The van der Waals surface area contributed by atoms with Gasteiger partial charge in [-0.15, -0.1) is 0 Å². The summed E-state index contributed by atoms with van der Waals surface area (Å²) in [4.78, 5) is 7.97. The van der Waals surface area contributed by atoms with Gasteiger partial charge >= 0.3 is 78.1 Å². The van der Waals surface area contributed by atoms with Crippen molar-refractivity contribution in [2.24, 2.45) is 0 Å². The highest BCUT2D eigenvalue weighted by Crippen LogP contribution is 2.66. The van der Waals surface area contributed by atoms with Crippen LogP contribution in [0.2, 0.25) is 0 Å². The summed E-state index contributed by atoms with van der Waals surface area (Å²) in [5.74, 6) is -83.3. The van der Waals surface area contributed by atoms with Crippen molar-refractivity contribution in [2.45, 2.75) is 130 Å². The molecule has 2 rings (SSSR count). The van der Waals surface area contributed by atoms with Crippen LogP contribution in [0.5, 0.6) is 5.75 Å². The summed E-state index contributed by atoms with van der Waals surface area (Å²) >= 11 is 0. The van der Waals surface area contributed by atoms with Gasteiger partial charge in [0.15, 0.2) is 5.82 Å². The predicted molar refractivity (Wildman–Crippen MR) is 152 cm³/mol. The van der Waals surface area contributed by atoms with Crippen LogP contribution in [0.3, 0.4) is 0 Å². The smallest absolute Gasteiger partial charge is 0.454 e. The van der Waals surface area contributed by atoms with Gasteiger partial charge in [-0.05, 0) is 42.7 Å². The normalized spacial score (nSPS) is 15.6. The van der Waals surface area contributed by atoms with E-state index in [0.717, 1.165) is 50.7 Å². The number of nitrogens with zero attached hydrogens (tertiary/aromatic N) is 2. The molecule has 0 aliphatic carbocycles. The summed E-state index contributed by atoms with van der Waals surface area (Å²) in [7, 11) is 0. The fourth-order valence-electron chi connectivity index (χ4n) is 4.59. The molecule has 0 aliphatic heterocycles. The first-order valence-corrected chi connectivity index (χ1v) is 16.3. The molecule has 30 heteroatoms. The molecule has 0 spiro atoms. The van der Waals surface area contributed by atoms with Gasteiger partial charge in [-0.25, -0.2) is 14.7 Å². The summed E-state index contributed by atoms with van der Waals surface area (Å²) in [5.41, 5.74) is 0.629. The van der Waals surface area contributed by atoms with Crippen LogP contribution in [0.4, 0.5) is 114 Å². The third kappa shape index (κ3) is 9.18. The third-order valence-electron chi connectivity index (χ3n) is 8.29. The van der Waals surface area contributed by atoms with E-state index >= 15 is 0 Å². The second-order valence-electron chi connectivity index (χ2n) is 12.7. The number of alkyl halides is 26. The summed E-state index contributed by atoms with van der Waals surface area (Å²) < 4.78 is 359. The molecular formula is C31H24F26N2O2. The lowest BCUT2D eigenvalue weighted by molar-refractivity contribution is -0.516. The van der Waals surface area contributed by atoms with E-state index in [1.165, 1.54) is 17.1 Å². The molecule has 1 aromatic carbocycles. The molecule has 1 atom stereocenters. The average molecular weight is 950 g/mol. The highest BCUT2D eigenvalue weighted by molar-refractivity contribution is 5.56. The number of rotatable bonds is 22. The van der Waals surface area contributed by atoms with Crippen molar-refractivity contribution in [3.8, 4) is 17.1 Å². The topological polar surface area (TPSA) is 44.2 Å². The van der Waals surface area contributed by atoms with Crippen LogP contribution in [-0.2, 0) is 11.2 Å². The summed E-state index contributed by atoms with van der Waals surface area (Å²) in [6.07, 6.45) is -20.8. The zero-order valence-corrected chi connectivity index (χ0v) is 29.5. The predicted octanol–water partition coefficient (Wildman–Crippen LogP) is 13.2. The van der Waals surface area contributed by atoms with E-state index in [4.69, 9.17) is 0 Å². The van der Waals surface area contributed by atoms with Gasteiger partial charge in [-0.3, -0.25) is 0 Å². The number of ether oxygens (including phenoxy) is 2. The molecule has 1 heterocycles. The molecular weight excluding hydrogens is 926 g/mol. The Bertz CT molecular complexity index is 1750. The molecule has 0 amide bonds. The van der Waals surface area contributed by atoms with Crippen molar-refractivity contribution in [2.75, 3.05) is 0 Å². The standard InChI is InChI=1S/C31H24F26N2O2/c1-2-3-4-5-6-7-8-15-13-58-18(59-14-15)16-9-11-17(12-10-16)60-19(32)20(33,34)30(54,55)61-31(56,57)28(49,50)26(45,46)24(41,42)22(37,38)21(35,36)23(39,40)25(43,44)27(47,48)29(51,52)53/h9-14,19H,2-8H2,1H3. The molecule has 2 aromatic rings. The Balaban J connectivity index is 2.34. The Hall–Kier alpha value is -3.76. The molecule has 352 valence electrons. The zero-order valence-electron chi connectivity index (χ0n) is 29.5. The van der Waals surface area contributed by atoms with Crippen LogP contribution >= 0.6 is 0 Å². The maximum Gasteiger partial charge on any atom is 0.460 e. The number of benzene rings is 1. The van der Waals surface area contributed by atoms with Gasteiger partial charge in [0.05, 0.1) is 0 Å². The number of unbranched alkanes of at least 4 members (excludes halogenated alkanes) is 5. The van der Waals surface area contributed by atoms with Gasteiger partial charge in [-0.2, -0.15) is 114 Å². The maximum atomic E-state index is 14.3. The van der Waals surface area contributed by atoms with Gasteiger partial charge in [0.2, 0.25) is 0 Å². The molecule has 1 aromatic heterocycles. The molecule has 0 radical (unpaired) electrons. The van der Waals surface area contributed by atoms with Crippen molar-refractivity contribution in [1.82, 2.24) is 9.97 Å². The van der Waals surface area contributed by atoms with Crippen molar-refractivity contribution >= 4 is 0 Å². The number of halogens is 26. The van der Waals surface area contributed by atoms with Gasteiger partial charge in [0, 0.05) is 18.0 Å². The van der Waals surface area contributed by atoms with E-state index in [-0.39, 0.29) is 11.4 Å². The lowest BCUT2D eigenvalue weighted by Gasteiger charge is -2.44. The third-order valence-corrected chi connectivity index (χ3v) is 8.29. The summed E-state index contributed by atoms with van der Waals surface area (Å²) in [6, 6.07) is 2.53. The van der Waals surface area contributed by atoms with Crippen LogP contribution in [0.1, 0.15) is 51.0 Å². The molecule has 61 heavy (non-hydrogen) atoms. The highest BCUT2D eigenvalue weighted by Gasteiger charge is 2.98. The lowest BCUT2D eigenvalue weighted by atomic mass is 9.87. The first-order chi connectivity index (χ1) is 27.1. The second-order valence-corrected chi connectivity index (χ2v) is 12.7. The van der Waals surface area contributed by atoms with Crippen LogP contribution in [-0.4, -0.2) is 88.0 Å². The molecule has 0 N–H and O–H groups in total. The van der Waals surface area contributed by atoms with E-state index in [0.29, 0.717) is 24.1 Å². The van der Waals surface area contributed by atoms with Crippen molar-refractivity contribution < 1.29 is 124 Å². The van der Waals surface area contributed by atoms with Gasteiger partial charge in [-0.1, -0.05) is 39.0 Å². The Kier molecular flexibility index (Phi) is 14.9. The molecule has 0 fully saturated rings. The quantitative estimate of drug-likeness (QED) is 0.0871. The van der Waals surface area contributed by atoms with Crippen LogP contribution in [0, 0.1) is 0 Å². The van der Waals surface area contributed by atoms with Crippen LogP contribution in [0.25, 0.3) is 11.4 Å². The minimum absolute atomic E-state index is 0.0334. The molecule has 0 bridgehead atoms. The molecule has 0 saturated heterocycles. The zero-order chi connectivity index (χ0) is 47.9. The minimum Gasteiger partial charge on any atom is -0.454 e. The number of aromatic nitrogens is 2. The minimum atomic E-state index is -9.64.